The summed E-state index contributed by atoms with van der Waals surface area (Å²) in [7, 11) is 0. The molecule has 0 saturated carbocycles. The van der Waals surface area contributed by atoms with E-state index in [0.29, 0.717) is 18.1 Å². The van der Waals surface area contributed by atoms with Crippen LogP contribution in [-0.2, 0) is 11.2 Å². The molecule has 28 heavy (non-hydrogen) atoms. The summed E-state index contributed by atoms with van der Waals surface area (Å²) in [6.45, 7) is 4.51. The molecule has 1 heterocycles. The predicted molar refractivity (Wildman–Crippen MR) is 122 cm³/mol. The molecule has 2 aromatic carbocycles. The van der Waals surface area contributed by atoms with E-state index in [1.54, 1.807) is 12.2 Å². The van der Waals surface area contributed by atoms with Crippen LogP contribution in [0.2, 0.25) is 0 Å². The highest BCUT2D eigenvalue weighted by atomic mass is 127. The fraction of sp³-hybridized carbons (Fsp3) is 0.182. The van der Waals surface area contributed by atoms with Gasteiger partial charge in [-0.05, 0) is 76.5 Å². The van der Waals surface area contributed by atoms with Crippen LogP contribution < -0.4 is 4.74 Å². The molecule has 0 atom stereocenters. The maximum atomic E-state index is 12.6. The first-order chi connectivity index (χ1) is 13.6. The second-order valence-electron chi connectivity index (χ2n) is 6.21. The van der Waals surface area contributed by atoms with E-state index in [0.717, 1.165) is 39.5 Å². The van der Waals surface area contributed by atoms with E-state index in [-0.39, 0.29) is 11.1 Å². The largest absolute Gasteiger partial charge is 0.488 e. The molecular weight excluding hydrogens is 485 g/mol. The third-order valence-corrected chi connectivity index (χ3v) is 5.92. The number of amides is 2. The molecule has 0 unspecified atom stereocenters. The molecule has 1 aliphatic heterocycles. The van der Waals surface area contributed by atoms with Crippen LogP contribution in [0.25, 0.3) is 6.08 Å². The first kappa shape index (κ1) is 20.7. The maximum Gasteiger partial charge on any atom is 0.293 e. The van der Waals surface area contributed by atoms with Gasteiger partial charge in [-0.3, -0.25) is 14.5 Å². The predicted octanol–water partition coefficient (Wildman–Crippen LogP) is 5.53. The fourth-order valence-corrected chi connectivity index (χ4v) is 4.36. The van der Waals surface area contributed by atoms with E-state index >= 15 is 0 Å². The average molecular weight is 505 g/mol. The molecule has 4 nitrogen and oxygen atoms in total. The number of benzene rings is 2. The normalized spacial score (nSPS) is 15.3. The van der Waals surface area contributed by atoms with Gasteiger partial charge in [0, 0.05) is 6.54 Å². The van der Waals surface area contributed by atoms with Gasteiger partial charge < -0.3 is 4.74 Å². The lowest BCUT2D eigenvalue weighted by Gasteiger charge is -2.12. The smallest absolute Gasteiger partial charge is 0.293 e. The van der Waals surface area contributed by atoms with Crippen molar-refractivity contribution in [3.63, 3.8) is 0 Å². The number of carbonyl (C=O) groups is 2. The molecule has 1 aliphatic rings. The van der Waals surface area contributed by atoms with Gasteiger partial charge in [0.1, 0.15) is 12.4 Å². The van der Waals surface area contributed by atoms with Crippen LogP contribution in [0, 0.1) is 3.57 Å². The minimum absolute atomic E-state index is 0.204. The van der Waals surface area contributed by atoms with E-state index in [2.05, 4.69) is 41.3 Å². The van der Waals surface area contributed by atoms with Crippen LogP contribution >= 0.6 is 34.4 Å². The van der Waals surface area contributed by atoms with Crippen LogP contribution in [0.1, 0.15) is 17.5 Å². The number of aryl methyl sites for hydroxylation is 1. The van der Waals surface area contributed by atoms with E-state index in [1.807, 2.05) is 36.4 Å². The van der Waals surface area contributed by atoms with Crippen molar-refractivity contribution in [2.24, 2.45) is 0 Å². The highest BCUT2D eigenvalue weighted by Gasteiger charge is 2.34. The minimum Gasteiger partial charge on any atom is -0.488 e. The lowest BCUT2D eigenvalue weighted by atomic mass is 10.1. The molecule has 3 rings (SSSR count). The molecule has 0 spiro atoms. The van der Waals surface area contributed by atoms with E-state index < -0.39 is 0 Å². The second kappa shape index (κ2) is 9.93. The lowest BCUT2D eigenvalue weighted by Crippen LogP contribution is -2.29. The number of carbonyl (C=O) groups excluding carboxylic acids is 2. The fourth-order valence-electron chi connectivity index (χ4n) is 2.80. The van der Waals surface area contributed by atoms with Gasteiger partial charge in [-0.25, -0.2) is 0 Å². The topological polar surface area (TPSA) is 46.6 Å². The van der Waals surface area contributed by atoms with Crippen molar-refractivity contribution in [3.05, 3.63) is 80.8 Å². The zero-order valence-electron chi connectivity index (χ0n) is 15.3. The summed E-state index contributed by atoms with van der Waals surface area (Å²) < 4.78 is 6.51. The van der Waals surface area contributed by atoms with Crippen molar-refractivity contribution in [2.45, 2.75) is 12.8 Å². The van der Waals surface area contributed by atoms with Gasteiger partial charge in [0.05, 0.1) is 8.48 Å². The lowest BCUT2D eigenvalue weighted by molar-refractivity contribution is -0.122. The van der Waals surface area contributed by atoms with Gasteiger partial charge in [-0.15, -0.1) is 0 Å². The summed E-state index contributed by atoms with van der Waals surface area (Å²) in [6, 6.07) is 15.7. The Bertz CT molecular complexity index is 911. The third kappa shape index (κ3) is 5.26. The second-order valence-corrected chi connectivity index (χ2v) is 8.37. The molecule has 1 saturated heterocycles. The van der Waals surface area contributed by atoms with Crippen molar-refractivity contribution in [3.8, 4) is 5.75 Å². The third-order valence-electron chi connectivity index (χ3n) is 4.17. The van der Waals surface area contributed by atoms with Crippen molar-refractivity contribution < 1.29 is 14.3 Å². The molecule has 0 radical (unpaired) electrons. The Balaban J connectivity index is 1.63. The minimum atomic E-state index is -0.218. The highest BCUT2D eigenvalue weighted by Crippen LogP contribution is 2.33. The van der Waals surface area contributed by atoms with Crippen molar-refractivity contribution >= 4 is 51.6 Å². The molecular formula is C22H20INO3S. The number of rotatable bonds is 8. The molecule has 0 aromatic heterocycles. The van der Waals surface area contributed by atoms with Crippen LogP contribution in [0.4, 0.5) is 4.79 Å². The van der Waals surface area contributed by atoms with E-state index in [1.165, 1.54) is 10.5 Å². The van der Waals surface area contributed by atoms with Crippen molar-refractivity contribution in [2.75, 3.05) is 13.2 Å². The Hall–Kier alpha value is -2.06. The molecule has 6 heteroatoms. The molecule has 0 aliphatic carbocycles. The number of hydrogen-bond donors (Lipinski definition) is 0. The molecule has 2 aromatic rings. The number of halogens is 1. The molecule has 2 amide bonds. The van der Waals surface area contributed by atoms with Gasteiger partial charge in [-0.2, -0.15) is 0 Å². The Labute approximate surface area is 182 Å². The Morgan fingerprint density at radius 1 is 1.14 bits per heavy atom. The number of nitrogens with zero attached hydrogens (tertiary/aromatic N) is 1. The summed E-state index contributed by atoms with van der Waals surface area (Å²) in [6.07, 6.45) is 5.05. The zero-order chi connectivity index (χ0) is 19.9. The van der Waals surface area contributed by atoms with Crippen LogP contribution in [0.15, 0.2) is 66.1 Å². The van der Waals surface area contributed by atoms with Gasteiger partial charge in [0.25, 0.3) is 11.1 Å². The zero-order valence-corrected chi connectivity index (χ0v) is 18.2. The van der Waals surface area contributed by atoms with E-state index in [9.17, 15) is 9.59 Å². The first-order valence-corrected chi connectivity index (χ1v) is 10.8. The summed E-state index contributed by atoms with van der Waals surface area (Å²) in [5.41, 5.74) is 2.07. The van der Waals surface area contributed by atoms with Gasteiger partial charge >= 0.3 is 0 Å². The highest BCUT2D eigenvalue weighted by molar-refractivity contribution is 14.1. The van der Waals surface area contributed by atoms with Crippen molar-refractivity contribution in [1.82, 2.24) is 4.90 Å². The SMILES string of the molecule is C=CCOc1ccc(/C=C2/SC(=O)N(CCCc3ccccc3)C2=O)cc1I. The van der Waals surface area contributed by atoms with Crippen LogP contribution in [-0.4, -0.2) is 29.2 Å². The summed E-state index contributed by atoms with van der Waals surface area (Å²) in [5.74, 6) is 0.553. The average Bonchev–Trinajstić information content (AvgIpc) is 2.95. The summed E-state index contributed by atoms with van der Waals surface area (Å²) in [5, 5.41) is -0.204. The number of hydrogen-bond acceptors (Lipinski definition) is 4. The van der Waals surface area contributed by atoms with Gasteiger partial charge in [0.2, 0.25) is 0 Å². The molecule has 144 valence electrons. The number of ether oxygens (including phenoxy) is 1. The Kier molecular flexibility index (Phi) is 7.33. The van der Waals surface area contributed by atoms with Gasteiger partial charge in [-0.1, -0.05) is 49.1 Å². The summed E-state index contributed by atoms with van der Waals surface area (Å²) in [4.78, 5) is 26.7. The molecule has 0 bridgehead atoms. The van der Waals surface area contributed by atoms with Gasteiger partial charge in [0.15, 0.2) is 0 Å². The number of imide groups is 1. The maximum absolute atomic E-state index is 12.6. The van der Waals surface area contributed by atoms with Crippen LogP contribution in [0.3, 0.4) is 0 Å². The molecule has 1 fully saturated rings. The number of thioether (sulfide) groups is 1. The van der Waals surface area contributed by atoms with Crippen molar-refractivity contribution in [1.29, 1.82) is 0 Å². The monoisotopic (exact) mass is 505 g/mol. The Morgan fingerprint density at radius 3 is 2.64 bits per heavy atom. The molecule has 0 N–H and O–H groups in total. The standard InChI is InChI=1S/C22H20INO3S/c1-2-13-27-19-11-10-17(14-18(19)23)15-20-21(25)24(22(26)28-20)12-6-9-16-7-4-3-5-8-16/h2-5,7-8,10-11,14-15H,1,6,9,12-13H2/b20-15+. The first-order valence-electron chi connectivity index (χ1n) is 8.91. The van der Waals surface area contributed by atoms with Crippen LogP contribution in [0.5, 0.6) is 5.75 Å². The quantitative estimate of drug-likeness (QED) is 0.269. The summed E-state index contributed by atoms with van der Waals surface area (Å²) >= 11 is 3.19. The van der Waals surface area contributed by atoms with E-state index in [4.69, 9.17) is 4.74 Å². The Morgan fingerprint density at radius 2 is 1.93 bits per heavy atom.